The summed E-state index contributed by atoms with van der Waals surface area (Å²) in [5, 5.41) is 7.65. The van der Waals surface area contributed by atoms with Crippen LogP contribution in [0.3, 0.4) is 0 Å². The van der Waals surface area contributed by atoms with Crippen molar-refractivity contribution in [3.05, 3.63) is 175 Å². The molecule has 46 heavy (non-hydrogen) atoms. The van der Waals surface area contributed by atoms with Crippen molar-refractivity contribution >= 4 is 54.7 Å². The van der Waals surface area contributed by atoms with Crippen LogP contribution < -0.4 is 4.90 Å². The van der Waals surface area contributed by atoms with E-state index in [1.54, 1.807) is 0 Å². The van der Waals surface area contributed by atoms with E-state index in [1.165, 1.54) is 77.1 Å². The Labute approximate surface area is 267 Å². The zero-order valence-corrected chi connectivity index (χ0v) is 25.2. The van der Waals surface area contributed by atoms with Crippen molar-refractivity contribution in [2.24, 2.45) is 0 Å². The van der Waals surface area contributed by atoms with Crippen LogP contribution in [-0.4, -0.2) is 10.6 Å². The molecule has 0 saturated carbocycles. The number of hydrogen-bond acceptors (Lipinski definition) is 1. The number of hydrogen-bond donors (Lipinski definition) is 0. The van der Waals surface area contributed by atoms with E-state index in [0.29, 0.717) is 5.92 Å². The molecule has 2 aliphatic rings. The normalized spacial score (nSPS) is 16.9. The highest BCUT2D eigenvalue weighted by atomic mass is 15.2. The minimum atomic E-state index is 0.289. The Bertz CT molecular complexity index is 2550. The van der Waals surface area contributed by atoms with Gasteiger partial charge in [0.05, 0.1) is 17.1 Å². The van der Waals surface area contributed by atoms with Gasteiger partial charge in [0.15, 0.2) is 0 Å². The van der Waals surface area contributed by atoms with Crippen LogP contribution in [0.5, 0.6) is 0 Å². The lowest BCUT2D eigenvalue weighted by Crippen LogP contribution is -2.28. The van der Waals surface area contributed by atoms with Crippen LogP contribution in [0.2, 0.25) is 0 Å². The molecule has 2 atom stereocenters. The second-order valence-electron chi connectivity index (χ2n) is 12.5. The molecule has 1 aliphatic carbocycles. The maximum Gasteiger partial charge on any atom is 0.0629 e. The Hall–Kier alpha value is -5.86. The molecule has 8 aromatic rings. The molecule has 2 heteroatoms. The number of anilines is 2. The molecule has 1 aromatic heterocycles. The van der Waals surface area contributed by atoms with Gasteiger partial charge in [-0.2, -0.15) is 0 Å². The molecule has 10 rings (SSSR count). The summed E-state index contributed by atoms with van der Waals surface area (Å²) < 4.78 is 2.43. The maximum absolute atomic E-state index is 2.49. The molecule has 0 amide bonds. The maximum atomic E-state index is 2.49. The van der Waals surface area contributed by atoms with Crippen molar-refractivity contribution < 1.29 is 0 Å². The zero-order valence-electron chi connectivity index (χ0n) is 25.2. The molecule has 7 aromatic carbocycles. The third-order valence-electron chi connectivity index (χ3n) is 10.1. The molecule has 0 spiro atoms. The number of aromatic nitrogens is 1. The Balaban J connectivity index is 1.13. The molecular formula is C44H30N2. The van der Waals surface area contributed by atoms with E-state index in [-0.39, 0.29) is 6.04 Å². The SMILES string of the molecule is C1=CC2c3cc(-c4ccc5c(c4)c4ccccc4n5-c4ccc5ccc6ccccc6c5c4)ccc3N(c3ccccc3)C2C=C1. The molecule has 2 heterocycles. The van der Waals surface area contributed by atoms with Gasteiger partial charge in [-0.3, -0.25) is 0 Å². The summed E-state index contributed by atoms with van der Waals surface area (Å²) in [6.45, 7) is 0. The second-order valence-corrected chi connectivity index (χ2v) is 12.5. The van der Waals surface area contributed by atoms with Crippen molar-refractivity contribution in [1.82, 2.24) is 4.57 Å². The number of fused-ring (bicyclic) bond motifs is 9. The number of rotatable bonds is 3. The van der Waals surface area contributed by atoms with Gasteiger partial charge in [-0.05, 0) is 92.8 Å². The summed E-state index contributed by atoms with van der Waals surface area (Å²) in [6, 6.07) is 54.0. The first-order chi connectivity index (χ1) is 22.8. The molecule has 2 nitrogen and oxygen atoms in total. The van der Waals surface area contributed by atoms with E-state index >= 15 is 0 Å². The minimum absolute atomic E-state index is 0.289. The lowest BCUT2D eigenvalue weighted by molar-refractivity contribution is 0.745. The summed E-state index contributed by atoms with van der Waals surface area (Å²) in [5.41, 5.74) is 10.0. The van der Waals surface area contributed by atoms with Crippen LogP contribution in [-0.2, 0) is 0 Å². The molecule has 0 fully saturated rings. The quantitative estimate of drug-likeness (QED) is 0.187. The highest BCUT2D eigenvalue weighted by molar-refractivity contribution is 6.12. The smallest absolute Gasteiger partial charge is 0.0629 e. The number of para-hydroxylation sites is 2. The minimum Gasteiger partial charge on any atom is -0.333 e. The van der Waals surface area contributed by atoms with Crippen LogP contribution in [0, 0.1) is 0 Å². The van der Waals surface area contributed by atoms with E-state index in [0.717, 1.165) is 0 Å². The summed E-state index contributed by atoms with van der Waals surface area (Å²) in [4.78, 5) is 2.49. The van der Waals surface area contributed by atoms with E-state index < -0.39 is 0 Å². The summed E-state index contributed by atoms with van der Waals surface area (Å²) in [6.07, 6.45) is 9.09. The fourth-order valence-corrected chi connectivity index (χ4v) is 7.97. The fraction of sp³-hybridized carbons (Fsp3) is 0.0455. The van der Waals surface area contributed by atoms with Gasteiger partial charge in [-0.1, -0.05) is 115 Å². The zero-order chi connectivity index (χ0) is 30.2. The average Bonchev–Trinajstić information content (AvgIpc) is 3.64. The third-order valence-corrected chi connectivity index (χ3v) is 10.1. The average molecular weight is 587 g/mol. The largest absolute Gasteiger partial charge is 0.333 e. The molecule has 0 bridgehead atoms. The van der Waals surface area contributed by atoms with Crippen LogP contribution in [0.15, 0.2) is 170 Å². The van der Waals surface area contributed by atoms with E-state index in [4.69, 9.17) is 0 Å². The first-order valence-corrected chi connectivity index (χ1v) is 16.1. The van der Waals surface area contributed by atoms with Crippen molar-refractivity contribution in [3.63, 3.8) is 0 Å². The lowest BCUT2D eigenvalue weighted by atomic mass is 9.89. The fourth-order valence-electron chi connectivity index (χ4n) is 7.97. The molecule has 0 N–H and O–H groups in total. The predicted octanol–water partition coefficient (Wildman–Crippen LogP) is 11.5. The summed E-state index contributed by atoms with van der Waals surface area (Å²) in [7, 11) is 0. The van der Waals surface area contributed by atoms with Crippen molar-refractivity contribution in [2.75, 3.05) is 4.90 Å². The second kappa shape index (κ2) is 9.82. The Morgan fingerprint density at radius 1 is 0.435 bits per heavy atom. The van der Waals surface area contributed by atoms with Crippen LogP contribution >= 0.6 is 0 Å². The van der Waals surface area contributed by atoms with Crippen molar-refractivity contribution in [3.8, 4) is 16.8 Å². The van der Waals surface area contributed by atoms with Gasteiger partial charge < -0.3 is 9.47 Å². The topological polar surface area (TPSA) is 8.17 Å². The standard InChI is InChI=1S/C44H30N2/c1-2-11-33(12-3-1)45-41-16-8-6-14-36(41)39-26-31(21-24-43(39)45)32-22-25-44-40(27-32)37-15-7-9-17-42(37)46(44)34-23-20-30-19-18-29-10-4-5-13-35(29)38(30)28-34/h1-28,36,41H. The highest BCUT2D eigenvalue weighted by Crippen LogP contribution is 2.49. The van der Waals surface area contributed by atoms with Crippen LogP contribution in [0.4, 0.5) is 11.4 Å². The highest BCUT2D eigenvalue weighted by Gasteiger charge is 2.37. The number of nitrogens with zero attached hydrogens (tertiary/aromatic N) is 2. The predicted molar refractivity (Wildman–Crippen MR) is 195 cm³/mol. The first kappa shape index (κ1) is 25.5. The monoisotopic (exact) mass is 586 g/mol. The third kappa shape index (κ3) is 3.71. The van der Waals surface area contributed by atoms with E-state index in [1.807, 2.05) is 0 Å². The molecule has 216 valence electrons. The summed E-state index contributed by atoms with van der Waals surface area (Å²) >= 11 is 0. The molecule has 0 radical (unpaired) electrons. The van der Waals surface area contributed by atoms with Crippen LogP contribution in [0.25, 0.3) is 60.2 Å². The Morgan fingerprint density at radius 2 is 1.13 bits per heavy atom. The van der Waals surface area contributed by atoms with Crippen molar-refractivity contribution in [2.45, 2.75) is 12.0 Å². The Morgan fingerprint density at radius 3 is 2.04 bits per heavy atom. The molecular weight excluding hydrogens is 556 g/mol. The van der Waals surface area contributed by atoms with Gasteiger partial charge in [0, 0.05) is 33.8 Å². The van der Waals surface area contributed by atoms with Crippen molar-refractivity contribution in [1.29, 1.82) is 0 Å². The van der Waals surface area contributed by atoms with E-state index in [2.05, 4.69) is 179 Å². The first-order valence-electron chi connectivity index (χ1n) is 16.1. The number of benzene rings is 7. The van der Waals surface area contributed by atoms with Gasteiger partial charge in [0.1, 0.15) is 0 Å². The lowest BCUT2D eigenvalue weighted by Gasteiger charge is -2.28. The van der Waals surface area contributed by atoms with Gasteiger partial charge >= 0.3 is 0 Å². The summed E-state index contributed by atoms with van der Waals surface area (Å²) in [5.74, 6) is 0.329. The van der Waals surface area contributed by atoms with Crippen LogP contribution in [0.1, 0.15) is 11.5 Å². The van der Waals surface area contributed by atoms with Gasteiger partial charge in [0.2, 0.25) is 0 Å². The van der Waals surface area contributed by atoms with Gasteiger partial charge in [0.25, 0.3) is 0 Å². The Kier molecular flexibility index (Phi) is 5.44. The van der Waals surface area contributed by atoms with Gasteiger partial charge in [-0.15, -0.1) is 0 Å². The molecule has 2 unspecified atom stereocenters. The van der Waals surface area contributed by atoms with Gasteiger partial charge in [-0.25, -0.2) is 0 Å². The molecule has 1 aliphatic heterocycles. The number of allylic oxidation sites excluding steroid dienone is 2. The molecule has 0 saturated heterocycles. The van der Waals surface area contributed by atoms with E-state index in [9.17, 15) is 0 Å².